The van der Waals surface area contributed by atoms with Gasteiger partial charge < -0.3 is 14.7 Å². The molecule has 2 unspecified atom stereocenters. The van der Waals surface area contributed by atoms with Gasteiger partial charge in [-0.2, -0.15) is 0 Å². The number of methoxy groups -OCH3 is 1. The van der Waals surface area contributed by atoms with Gasteiger partial charge in [0.25, 0.3) is 0 Å². The minimum Gasteiger partial charge on any atom is -0.481 e. The number of amides is 1. The van der Waals surface area contributed by atoms with E-state index in [1.807, 2.05) is 6.92 Å². The van der Waals surface area contributed by atoms with Crippen LogP contribution in [0.25, 0.3) is 0 Å². The summed E-state index contributed by atoms with van der Waals surface area (Å²) >= 11 is 0. The molecule has 5 nitrogen and oxygen atoms in total. The van der Waals surface area contributed by atoms with Gasteiger partial charge in [-0.25, -0.2) is 0 Å². The van der Waals surface area contributed by atoms with Crippen molar-refractivity contribution in [2.75, 3.05) is 20.2 Å². The van der Waals surface area contributed by atoms with Gasteiger partial charge in [-0.15, -0.1) is 0 Å². The molecule has 0 aromatic rings. The molecule has 1 aliphatic rings. The van der Waals surface area contributed by atoms with Crippen molar-refractivity contribution in [3.05, 3.63) is 0 Å². The van der Waals surface area contributed by atoms with Crippen LogP contribution in [0.4, 0.5) is 0 Å². The number of piperidine rings is 1. The van der Waals surface area contributed by atoms with E-state index in [9.17, 15) is 14.7 Å². The Kier molecular flexibility index (Phi) is 5.14. The van der Waals surface area contributed by atoms with Crippen LogP contribution in [0.5, 0.6) is 0 Å². The number of carbonyl (C=O) groups excluding carboxylic acids is 1. The van der Waals surface area contributed by atoms with Gasteiger partial charge >= 0.3 is 5.97 Å². The Morgan fingerprint density at radius 3 is 2.72 bits per heavy atom. The van der Waals surface area contributed by atoms with Crippen molar-refractivity contribution in [2.45, 2.75) is 45.6 Å². The molecule has 0 radical (unpaired) electrons. The maximum atomic E-state index is 12.0. The van der Waals surface area contributed by atoms with Crippen LogP contribution in [0.3, 0.4) is 0 Å². The lowest BCUT2D eigenvalue weighted by Crippen LogP contribution is -2.48. The molecule has 0 aliphatic carbocycles. The van der Waals surface area contributed by atoms with Gasteiger partial charge in [0.1, 0.15) is 0 Å². The van der Waals surface area contributed by atoms with Crippen LogP contribution in [-0.4, -0.2) is 48.2 Å². The quantitative estimate of drug-likeness (QED) is 0.810. The first-order chi connectivity index (χ1) is 8.39. The monoisotopic (exact) mass is 257 g/mol. The number of carbonyl (C=O) groups is 2. The van der Waals surface area contributed by atoms with Gasteiger partial charge in [0.15, 0.2) is 0 Å². The van der Waals surface area contributed by atoms with Crippen molar-refractivity contribution < 1.29 is 19.4 Å². The molecule has 1 saturated heterocycles. The highest BCUT2D eigenvalue weighted by Crippen LogP contribution is 2.30. The fourth-order valence-corrected chi connectivity index (χ4v) is 2.23. The average Bonchev–Trinajstić information content (AvgIpc) is 2.35. The second kappa shape index (κ2) is 6.18. The lowest BCUT2D eigenvalue weighted by atomic mass is 9.82. The first kappa shape index (κ1) is 15.0. The molecule has 0 aromatic heterocycles. The fraction of sp³-hybridized carbons (Fsp3) is 0.846. The van der Waals surface area contributed by atoms with Crippen molar-refractivity contribution in [1.29, 1.82) is 0 Å². The molecular formula is C13H23NO4. The molecule has 1 amide bonds. The SMILES string of the molecule is COC(C)CCC(=O)N1CCCC(C)(C(=O)O)C1. The summed E-state index contributed by atoms with van der Waals surface area (Å²) in [4.78, 5) is 24.9. The van der Waals surface area contributed by atoms with Gasteiger partial charge in [0.05, 0.1) is 11.5 Å². The first-order valence-corrected chi connectivity index (χ1v) is 6.43. The Morgan fingerprint density at radius 2 is 2.17 bits per heavy atom. The van der Waals surface area contributed by atoms with E-state index in [4.69, 9.17) is 4.74 Å². The number of carboxylic acid groups (broad SMARTS) is 1. The fourth-order valence-electron chi connectivity index (χ4n) is 2.23. The van der Waals surface area contributed by atoms with Crippen LogP contribution >= 0.6 is 0 Å². The van der Waals surface area contributed by atoms with E-state index in [0.29, 0.717) is 32.4 Å². The van der Waals surface area contributed by atoms with Crippen LogP contribution in [0.15, 0.2) is 0 Å². The zero-order chi connectivity index (χ0) is 13.8. The van der Waals surface area contributed by atoms with E-state index in [1.54, 1.807) is 18.9 Å². The van der Waals surface area contributed by atoms with Crippen LogP contribution in [0, 0.1) is 5.41 Å². The van der Waals surface area contributed by atoms with Crippen LogP contribution < -0.4 is 0 Å². The summed E-state index contributed by atoms with van der Waals surface area (Å²) in [5.41, 5.74) is -0.791. The zero-order valence-electron chi connectivity index (χ0n) is 11.4. The van der Waals surface area contributed by atoms with Crippen LogP contribution in [-0.2, 0) is 14.3 Å². The highest BCUT2D eigenvalue weighted by molar-refractivity contribution is 5.79. The summed E-state index contributed by atoms with van der Waals surface area (Å²) in [6.45, 7) is 4.63. The van der Waals surface area contributed by atoms with Crippen molar-refractivity contribution in [2.24, 2.45) is 5.41 Å². The molecule has 0 aromatic carbocycles. The van der Waals surface area contributed by atoms with Gasteiger partial charge in [-0.05, 0) is 33.1 Å². The third-order valence-electron chi connectivity index (χ3n) is 3.73. The maximum absolute atomic E-state index is 12.0. The number of carboxylic acids is 1. The number of nitrogens with zero attached hydrogens (tertiary/aromatic N) is 1. The summed E-state index contributed by atoms with van der Waals surface area (Å²) in [5, 5.41) is 9.20. The molecule has 0 bridgehead atoms. The number of rotatable bonds is 5. The lowest BCUT2D eigenvalue weighted by molar-refractivity contribution is -0.153. The second-order valence-electron chi connectivity index (χ2n) is 5.37. The minimum absolute atomic E-state index is 0.0334. The van der Waals surface area contributed by atoms with E-state index in [-0.39, 0.29) is 12.0 Å². The van der Waals surface area contributed by atoms with Crippen molar-refractivity contribution >= 4 is 11.9 Å². The molecule has 1 heterocycles. The van der Waals surface area contributed by atoms with Crippen molar-refractivity contribution in [3.8, 4) is 0 Å². The summed E-state index contributed by atoms with van der Waals surface area (Å²) in [7, 11) is 1.62. The second-order valence-corrected chi connectivity index (χ2v) is 5.37. The highest BCUT2D eigenvalue weighted by atomic mass is 16.5. The molecule has 0 saturated carbocycles. The molecule has 0 spiro atoms. The third-order valence-corrected chi connectivity index (χ3v) is 3.73. The summed E-state index contributed by atoms with van der Waals surface area (Å²) in [5.74, 6) is -0.781. The molecule has 1 fully saturated rings. The third kappa shape index (κ3) is 3.70. The first-order valence-electron chi connectivity index (χ1n) is 6.43. The van der Waals surface area contributed by atoms with Gasteiger partial charge in [0.2, 0.25) is 5.91 Å². The Morgan fingerprint density at radius 1 is 1.50 bits per heavy atom. The van der Waals surface area contributed by atoms with E-state index in [0.717, 1.165) is 6.42 Å². The Bertz CT molecular complexity index is 318. The molecule has 18 heavy (non-hydrogen) atoms. The summed E-state index contributed by atoms with van der Waals surface area (Å²) < 4.78 is 5.10. The molecule has 104 valence electrons. The number of hydrogen-bond donors (Lipinski definition) is 1. The lowest BCUT2D eigenvalue weighted by Gasteiger charge is -2.37. The molecule has 1 aliphatic heterocycles. The summed E-state index contributed by atoms with van der Waals surface area (Å²) in [6.07, 6.45) is 2.56. The average molecular weight is 257 g/mol. The Labute approximate surface area is 108 Å². The van der Waals surface area contributed by atoms with E-state index in [1.165, 1.54) is 0 Å². The minimum atomic E-state index is -0.815. The molecule has 2 atom stereocenters. The van der Waals surface area contributed by atoms with E-state index >= 15 is 0 Å². The van der Waals surface area contributed by atoms with Crippen LogP contribution in [0.1, 0.15) is 39.5 Å². The molecule has 5 heteroatoms. The van der Waals surface area contributed by atoms with E-state index < -0.39 is 11.4 Å². The highest BCUT2D eigenvalue weighted by Gasteiger charge is 2.39. The maximum Gasteiger partial charge on any atom is 0.311 e. The number of aliphatic carboxylic acids is 1. The smallest absolute Gasteiger partial charge is 0.311 e. The standard InChI is InChI=1S/C13H23NO4/c1-10(18-3)5-6-11(15)14-8-4-7-13(2,9-14)12(16)17/h10H,4-9H2,1-3H3,(H,16,17). The summed E-state index contributed by atoms with van der Waals surface area (Å²) in [6, 6.07) is 0. The molecular weight excluding hydrogens is 234 g/mol. The predicted molar refractivity (Wildman–Crippen MR) is 67.3 cm³/mol. The Hall–Kier alpha value is -1.10. The number of ether oxygens (including phenoxy) is 1. The topological polar surface area (TPSA) is 66.8 Å². The molecule has 1 rings (SSSR count). The van der Waals surface area contributed by atoms with Crippen molar-refractivity contribution in [3.63, 3.8) is 0 Å². The van der Waals surface area contributed by atoms with Gasteiger partial charge in [-0.3, -0.25) is 9.59 Å². The Balaban J connectivity index is 2.51. The van der Waals surface area contributed by atoms with Crippen LogP contribution in [0.2, 0.25) is 0 Å². The van der Waals surface area contributed by atoms with Gasteiger partial charge in [-0.1, -0.05) is 0 Å². The number of likely N-dealkylation sites (tertiary alicyclic amines) is 1. The number of hydrogen-bond acceptors (Lipinski definition) is 3. The normalized spacial score (nSPS) is 25.8. The predicted octanol–water partition coefficient (Wildman–Crippen LogP) is 1.51. The largest absolute Gasteiger partial charge is 0.481 e. The van der Waals surface area contributed by atoms with Crippen molar-refractivity contribution in [1.82, 2.24) is 4.90 Å². The van der Waals surface area contributed by atoms with Gasteiger partial charge in [0, 0.05) is 26.6 Å². The van der Waals surface area contributed by atoms with E-state index in [2.05, 4.69) is 0 Å². The zero-order valence-corrected chi connectivity index (χ0v) is 11.4. The molecule has 1 N–H and O–H groups in total.